The van der Waals surface area contributed by atoms with E-state index in [9.17, 15) is 9.18 Å². The molecule has 0 saturated heterocycles. The molecular formula is C16H16FNOS. The summed E-state index contributed by atoms with van der Waals surface area (Å²) in [5.74, 6) is -0.415. The number of fused-ring (bicyclic) bond motifs is 1. The van der Waals surface area contributed by atoms with Crippen molar-refractivity contribution in [1.29, 1.82) is 0 Å². The normalized spacial score (nSPS) is 16.1. The molecule has 20 heavy (non-hydrogen) atoms. The Morgan fingerprint density at radius 2 is 1.95 bits per heavy atom. The fraction of sp³-hybridized carbons (Fsp3) is 0.312. The smallest absolute Gasteiger partial charge is 0.251 e. The molecule has 0 atom stereocenters. The molecule has 1 amide bonds. The Labute approximate surface area is 121 Å². The lowest BCUT2D eigenvalue weighted by Crippen LogP contribution is -2.31. The van der Waals surface area contributed by atoms with E-state index in [4.69, 9.17) is 0 Å². The molecule has 2 nitrogen and oxygen atoms in total. The van der Waals surface area contributed by atoms with Crippen LogP contribution in [0.15, 0.2) is 36.4 Å². The average Bonchev–Trinajstić information content (AvgIpc) is 3.26. The molecule has 1 aliphatic carbocycles. The summed E-state index contributed by atoms with van der Waals surface area (Å²) in [7, 11) is 0. The summed E-state index contributed by atoms with van der Waals surface area (Å²) in [4.78, 5) is 12.3. The zero-order valence-corrected chi connectivity index (χ0v) is 12.1. The van der Waals surface area contributed by atoms with E-state index >= 15 is 0 Å². The molecule has 0 radical (unpaired) electrons. The summed E-state index contributed by atoms with van der Waals surface area (Å²) >= 11 is 1.81. The van der Waals surface area contributed by atoms with E-state index < -0.39 is 0 Å². The highest BCUT2D eigenvalue weighted by Gasteiger charge is 2.42. The van der Waals surface area contributed by atoms with Crippen LogP contribution in [0.2, 0.25) is 0 Å². The number of hydrogen-bond acceptors (Lipinski definition) is 2. The average molecular weight is 289 g/mol. The van der Waals surface area contributed by atoms with Crippen molar-refractivity contribution in [2.45, 2.75) is 17.6 Å². The lowest BCUT2D eigenvalue weighted by Gasteiger charge is -2.14. The highest BCUT2D eigenvalue weighted by Crippen LogP contribution is 2.46. The van der Waals surface area contributed by atoms with E-state index in [1.54, 1.807) is 36.0 Å². The third kappa shape index (κ3) is 2.40. The molecule has 0 aliphatic heterocycles. The maximum absolute atomic E-state index is 13.7. The second-order valence-electron chi connectivity index (χ2n) is 5.21. The van der Waals surface area contributed by atoms with Gasteiger partial charge in [0.15, 0.2) is 0 Å². The van der Waals surface area contributed by atoms with Gasteiger partial charge in [0.2, 0.25) is 0 Å². The van der Waals surface area contributed by atoms with Crippen molar-refractivity contribution in [1.82, 2.24) is 5.32 Å². The molecule has 1 aliphatic rings. The van der Waals surface area contributed by atoms with Gasteiger partial charge >= 0.3 is 0 Å². The van der Waals surface area contributed by atoms with Crippen LogP contribution in [0.3, 0.4) is 0 Å². The number of carbonyl (C=O) groups excluding carboxylic acids is 1. The van der Waals surface area contributed by atoms with Gasteiger partial charge in [-0.1, -0.05) is 24.3 Å². The number of amides is 1. The molecule has 1 fully saturated rings. The maximum atomic E-state index is 13.7. The predicted molar refractivity (Wildman–Crippen MR) is 81.7 cm³/mol. The molecular weight excluding hydrogens is 273 g/mol. The molecule has 2 aromatic rings. The number of benzene rings is 2. The molecule has 0 unspecified atom stereocenters. The Morgan fingerprint density at radius 3 is 2.60 bits per heavy atom. The Hall–Kier alpha value is -1.55. The van der Waals surface area contributed by atoms with E-state index in [0.717, 1.165) is 12.8 Å². The van der Waals surface area contributed by atoms with Crippen LogP contribution >= 0.6 is 11.8 Å². The largest absolute Gasteiger partial charge is 0.351 e. The SMILES string of the molecule is CSC1(CNC(=O)c2ccc(F)c3ccccc23)CC1. The third-order valence-electron chi connectivity index (χ3n) is 3.93. The van der Waals surface area contributed by atoms with Crippen LogP contribution in [-0.2, 0) is 0 Å². The molecule has 0 spiro atoms. The maximum Gasteiger partial charge on any atom is 0.251 e. The van der Waals surface area contributed by atoms with Crippen molar-refractivity contribution in [2.75, 3.05) is 12.8 Å². The Morgan fingerprint density at radius 1 is 1.25 bits per heavy atom. The van der Waals surface area contributed by atoms with E-state index in [0.29, 0.717) is 22.9 Å². The highest BCUT2D eigenvalue weighted by atomic mass is 32.2. The van der Waals surface area contributed by atoms with Crippen LogP contribution in [0.1, 0.15) is 23.2 Å². The quantitative estimate of drug-likeness (QED) is 0.931. The summed E-state index contributed by atoms with van der Waals surface area (Å²) in [6.45, 7) is 0.679. The predicted octanol–water partition coefficient (Wildman–Crippen LogP) is 3.60. The van der Waals surface area contributed by atoms with Crippen LogP contribution < -0.4 is 5.32 Å². The number of rotatable bonds is 4. The number of thioether (sulfide) groups is 1. The summed E-state index contributed by atoms with van der Waals surface area (Å²) in [6.07, 6.45) is 4.38. The third-order valence-corrected chi connectivity index (χ3v) is 5.35. The number of hydrogen-bond donors (Lipinski definition) is 1. The zero-order chi connectivity index (χ0) is 14.2. The lowest BCUT2D eigenvalue weighted by atomic mass is 10.0. The molecule has 2 aromatic carbocycles. The minimum absolute atomic E-state index is 0.124. The summed E-state index contributed by atoms with van der Waals surface area (Å²) in [5.41, 5.74) is 0.541. The van der Waals surface area contributed by atoms with E-state index in [1.807, 2.05) is 6.07 Å². The van der Waals surface area contributed by atoms with Crippen LogP contribution in [0, 0.1) is 5.82 Å². The number of halogens is 1. The van der Waals surface area contributed by atoms with E-state index in [2.05, 4.69) is 11.6 Å². The Kier molecular flexibility index (Phi) is 3.42. The first kappa shape index (κ1) is 13.4. The molecule has 3 rings (SSSR count). The fourth-order valence-electron chi connectivity index (χ4n) is 2.39. The Balaban J connectivity index is 1.86. The van der Waals surface area contributed by atoms with Crippen LogP contribution in [-0.4, -0.2) is 23.5 Å². The van der Waals surface area contributed by atoms with Gasteiger partial charge in [-0.05, 0) is 36.6 Å². The minimum Gasteiger partial charge on any atom is -0.351 e. The monoisotopic (exact) mass is 289 g/mol. The number of carbonyl (C=O) groups is 1. The second-order valence-corrected chi connectivity index (χ2v) is 6.48. The second kappa shape index (κ2) is 5.09. The van der Waals surface area contributed by atoms with Crippen molar-refractivity contribution in [3.63, 3.8) is 0 Å². The lowest BCUT2D eigenvalue weighted by molar-refractivity contribution is 0.0954. The molecule has 4 heteroatoms. The van der Waals surface area contributed by atoms with E-state index in [-0.39, 0.29) is 16.5 Å². The van der Waals surface area contributed by atoms with Crippen molar-refractivity contribution in [3.05, 3.63) is 47.8 Å². The van der Waals surface area contributed by atoms with Gasteiger partial charge in [-0.15, -0.1) is 0 Å². The van der Waals surface area contributed by atoms with Crippen molar-refractivity contribution in [2.24, 2.45) is 0 Å². The molecule has 1 saturated carbocycles. The highest BCUT2D eigenvalue weighted by molar-refractivity contribution is 8.00. The van der Waals surface area contributed by atoms with Gasteiger partial charge in [-0.3, -0.25) is 4.79 Å². The van der Waals surface area contributed by atoms with E-state index in [1.165, 1.54) is 6.07 Å². The molecule has 0 bridgehead atoms. The Bertz CT molecular complexity index is 667. The summed E-state index contributed by atoms with van der Waals surface area (Å²) in [5, 5.41) is 4.14. The van der Waals surface area contributed by atoms with Gasteiger partial charge in [0.05, 0.1) is 0 Å². The standard InChI is InChI=1S/C16H16FNOS/c1-20-16(8-9-16)10-18-15(19)13-6-7-14(17)12-5-3-2-4-11(12)13/h2-7H,8-10H2,1H3,(H,18,19). The van der Waals surface area contributed by atoms with Gasteiger partial charge in [0, 0.05) is 22.2 Å². The minimum atomic E-state index is -0.292. The molecule has 0 heterocycles. The first-order valence-electron chi connectivity index (χ1n) is 6.66. The number of nitrogens with one attached hydrogen (secondary N) is 1. The molecule has 1 N–H and O–H groups in total. The van der Waals surface area contributed by atoms with Crippen molar-refractivity contribution >= 4 is 28.4 Å². The van der Waals surface area contributed by atoms with Gasteiger partial charge in [0.1, 0.15) is 5.82 Å². The first-order valence-corrected chi connectivity index (χ1v) is 7.88. The van der Waals surface area contributed by atoms with Crippen LogP contribution in [0.25, 0.3) is 10.8 Å². The van der Waals surface area contributed by atoms with Crippen LogP contribution in [0.5, 0.6) is 0 Å². The van der Waals surface area contributed by atoms with Crippen LogP contribution in [0.4, 0.5) is 4.39 Å². The van der Waals surface area contributed by atoms with Gasteiger partial charge in [-0.2, -0.15) is 11.8 Å². The molecule has 0 aromatic heterocycles. The summed E-state index contributed by atoms with van der Waals surface area (Å²) in [6, 6.07) is 10.0. The molecule has 104 valence electrons. The topological polar surface area (TPSA) is 29.1 Å². The fourth-order valence-corrected chi connectivity index (χ4v) is 3.12. The zero-order valence-electron chi connectivity index (χ0n) is 11.3. The van der Waals surface area contributed by atoms with Crippen molar-refractivity contribution < 1.29 is 9.18 Å². The first-order chi connectivity index (χ1) is 9.65. The van der Waals surface area contributed by atoms with Gasteiger partial charge in [0.25, 0.3) is 5.91 Å². The summed E-state index contributed by atoms with van der Waals surface area (Å²) < 4.78 is 14.0. The van der Waals surface area contributed by atoms with Gasteiger partial charge < -0.3 is 5.32 Å². The van der Waals surface area contributed by atoms with Gasteiger partial charge in [-0.25, -0.2) is 4.39 Å². The van der Waals surface area contributed by atoms with Crippen molar-refractivity contribution in [3.8, 4) is 0 Å².